The van der Waals surface area contributed by atoms with Crippen LogP contribution in [0.25, 0.3) is 22.2 Å². The number of hydrogen-bond acceptors (Lipinski definition) is 6. The Labute approximate surface area is 205 Å². The standard InChI is InChI=1S/C23H21Cl2FN6O2/c1-12(21-16(24)9-27-10-17(21)25)34-14-4-5-19-15(7-14)22(31-30-19)13-6-18(26)23(28-8-13)29-20(33)11-32(2)3/h4-10,12H,11H2,1-3H3,(H,30,31)(H,28,29,33)/t12-/m1/s1. The molecule has 0 aliphatic heterocycles. The van der Waals surface area contributed by atoms with E-state index >= 15 is 0 Å². The fourth-order valence-corrected chi connectivity index (χ4v) is 4.15. The first kappa shape index (κ1) is 23.9. The van der Waals surface area contributed by atoms with E-state index in [1.807, 2.05) is 13.0 Å². The average Bonchev–Trinajstić information content (AvgIpc) is 3.18. The highest BCUT2D eigenvalue weighted by Crippen LogP contribution is 2.35. The summed E-state index contributed by atoms with van der Waals surface area (Å²) in [5, 5.41) is 11.2. The molecule has 3 aromatic heterocycles. The molecule has 0 bridgehead atoms. The third-order valence-corrected chi connectivity index (χ3v) is 5.58. The van der Waals surface area contributed by atoms with E-state index in [0.29, 0.717) is 38.0 Å². The molecule has 0 aliphatic rings. The van der Waals surface area contributed by atoms with Gasteiger partial charge < -0.3 is 15.0 Å². The van der Waals surface area contributed by atoms with Gasteiger partial charge in [-0.2, -0.15) is 5.10 Å². The van der Waals surface area contributed by atoms with E-state index in [2.05, 4.69) is 25.5 Å². The van der Waals surface area contributed by atoms with Gasteiger partial charge in [-0.1, -0.05) is 23.2 Å². The number of halogens is 3. The van der Waals surface area contributed by atoms with E-state index in [4.69, 9.17) is 27.9 Å². The van der Waals surface area contributed by atoms with Gasteiger partial charge in [0.1, 0.15) is 17.5 Å². The van der Waals surface area contributed by atoms with Crippen LogP contribution in [0.2, 0.25) is 10.0 Å². The highest BCUT2D eigenvalue weighted by molar-refractivity contribution is 6.35. The number of ether oxygens (including phenoxy) is 1. The molecule has 0 saturated heterocycles. The number of H-pyrrole nitrogens is 1. The fraction of sp³-hybridized carbons (Fsp3) is 0.217. The minimum atomic E-state index is -0.663. The van der Waals surface area contributed by atoms with Gasteiger partial charge in [-0.25, -0.2) is 9.37 Å². The molecule has 0 spiro atoms. The number of carbonyl (C=O) groups is 1. The first-order chi connectivity index (χ1) is 16.2. The third-order valence-electron chi connectivity index (χ3n) is 4.98. The Hall–Kier alpha value is -3.27. The molecule has 34 heavy (non-hydrogen) atoms. The number of likely N-dealkylation sites (N-methyl/N-ethyl adjacent to an activating group) is 1. The van der Waals surface area contributed by atoms with Gasteiger partial charge in [0.2, 0.25) is 5.91 Å². The maximum absolute atomic E-state index is 14.7. The summed E-state index contributed by atoms with van der Waals surface area (Å²) in [5.41, 5.74) is 2.30. The van der Waals surface area contributed by atoms with Crippen LogP contribution in [0.15, 0.2) is 42.9 Å². The topological polar surface area (TPSA) is 96.0 Å². The average molecular weight is 503 g/mol. The van der Waals surface area contributed by atoms with Gasteiger partial charge in [-0.15, -0.1) is 0 Å². The number of aromatic amines is 1. The Morgan fingerprint density at radius 2 is 1.94 bits per heavy atom. The molecule has 4 aromatic rings. The minimum Gasteiger partial charge on any atom is -0.486 e. The summed E-state index contributed by atoms with van der Waals surface area (Å²) in [5.74, 6) is -0.615. The van der Waals surface area contributed by atoms with E-state index < -0.39 is 11.9 Å². The lowest BCUT2D eigenvalue weighted by Crippen LogP contribution is -2.27. The van der Waals surface area contributed by atoms with Crippen molar-refractivity contribution in [3.8, 4) is 17.0 Å². The number of nitrogens with zero attached hydrogens (tertiary/aromatic N) is 4. The second-order valence-corrected chi connectivity index (χ2v) is 8.71. The van der Waals surface area contributed by atoms with Crippen LogP contribution in [0.1, 0.15) is 18.6 Å². The summed E-state index contributed by atoms with van der Waals surface area (Å²) < 4.78 is 20.7. The number of aromatic nitrogens is 4. The maximum Gasteiger partial charge on any atom is 0.239 e. The van der Waals surface area contributed by atoms with Crippen LogP contribution in [0.4, 0.5) is 10.2 Å². The molecule has 0 unspecified atom stereocenters. The van der Waals surface area contributed by atoms with Gasteiger partial charge in [0.15, 0.2) is 11.6 Å². The smallest absolute Gasteiger partial charge is 0.239 e. The molecule has 1 amide bonds. The number of pyridine rings is 2. The Kier molecular flexibility index (Phi) is 6.97. The zero-order valence-corrected chi connectivity index (χ0v) is 20.1. The molecule has 2 N–H and O–H groups in total. The van der Waals surface area contributed by atoms with Crippen molar-refractivity contribution in [2.45, 2.75) is 13.0 Å². The van der Waals surface area contributed by atoms with Gasteiger partial charge >= 0.3 is 0 Å². The highest BCUT2D eigenvalue weighted by Gasteiger charge is 2.18. The van der Waals surface area contributed by atoms with E-state index in [1.54, 1.807) is 31.1 Å². The Morgan fingerprint density at radius 3 is 2.62 bits per heavy atom. The van der Waals surface area contributed by atoms with Crippen LogP contribution in [0.3, 0.4) is 0 Å². The summed E-state index contributed by atoms with van der Waals surface area (Å²) in [6, 6.07) is 6.66. The van der Waals surface area contributed by atoms with Crippen molar-refractivity contribution in [2.24, 2.45) is 0 Å². The van der Waals surface area contributed by atoms with Crippen molar-refractivity contribution < 1.29 is 13.9 Å². The predicted octanol–water partition coefficient (Wildman–Crippen LogP) is 5.11. The van der Waals surface area contributed by atoms with Gasteiger partial charge in [-0.3, -0.25) is 14.9 Å². The van der Waals surface area contributed by atoms with Gasteiger partial charge in [0.05, 0.1) is 22.1 Å². The van der Waals surface area contributed by atoms with Crippen molar-refractivity contribution in [1.29, 1.82) is 0 Å². The van der Waals surface area contributed by atoms with E-state index in [9.17, 15) is 9.18 Å². The Bertz CT molecular complexity index is 1340. The lowest BCUT2D eigenvalue weighted by atomic mass is 10.1. The van der Waals surface area contributed by atoms with Gasteiger partial charge in [0, 0.05) is 35.1 Å². The normalized spacial score (nSPS) is 12.2. The Morgan fingerprint density at radius 1 is 1.21 bits per heavy atom. The van der Waals surface area contributed by atoms with Crippen molar-refractivity contribution in [1.82, 2.24) is 25.1 Å². The third kappa shape index (κ3) is 5.11. The zero-order chi connectivity index (χ0) is 24.4. The van der Waals surface area contributed by atoms with Crippen molar-refractivity contribution >= 4 is 45.8 Å². The molecule has 0 radical (unpaired) electrons. The number of anilines is 1. The van der Waals surface area contributed by atoms with Crippen LogP contribution in [0, 0.1) is 5.82 Å². The predicted molar refractivity (Wildman–Crippen MR) is 130 cm³/mol. The number of amides is 1. The van der Waals surface area contributed by atoms with E-state index in [0.717, 1.165) is 5.52 Å². The lowest BCUT2D eigenvalue weighted by Gasteiger charge is -2.17. The largest absolute Gasteiger partial charge is 0.486 e. The summed E-state index contributed by atoms with van der Waals surface area (Å²) in [6.07, 6.45) is 4.03. The monoisotopic (exact) mass is 502 g/mol. The number of rotatable bonds is 7. The molecule has 0 fully saturated rings. The molecule has 8 nitrogen and oxygen atoms in total. The van der Waals surface area contributed by atoms with Crippen LogP contribution in [0.5, 0.6) is 5.75 Å². The number of benzene rings is 1. The molecule has 0 saturated carbocycles. The zero-order valence-electron chi connectivity index (χ0n) is 18.6. The molecule has 1 atom stereocenters. The molecular weight excluding hydrogens is 482 g/mol. The number of nitrogens with one attached hydrogen (secondary N) is 2. The second-order valence-electron chi connectivity index (χ2n) is 7.90. The van der Waals surface area contributed by atoms with Crippen LogP contribution >= 0.6 is 23.2 Å². The molecule has 11 heteroatoms. The molecule has 176 valence electrons. The number of fused-ring (bicyclic) bond motifs is 1. The van der Waals surface area contributed by atoms with Crippen molar-refractivity contribution in [3.63, 3.8) is 0 Å². The molecule has 4 rings (SSSR count). The molecule has 0 aliphatic carbocycles. The van der Waals surface area contributed by atoms with E-state index in [1.165, 1.54) is 24.7 Å². The summed E-state index contributed by atoms with van der Waals surface area (Å²) in [7, 11) is 3.49. The van der Waals surface area contributed by atoms with Crippen LogP contribution in [-0.2, 0) is 4.79 Å². The highest BCUT2D eigenvalue weighted by atomic mass is 35.5. The van der Waals surface area contributed by atoms with Gasteiger partial charge in [-0.05, 0) is 45.3 Å². The number of hydrogen-bond donors (Lipinski definition) is 2. The first-order valence-corrected chi connectivity index (χ1v) is 11.0. The van der Waals surface area contributed by atoms with E-state index in [-0.39, 0.29) is 18.3 Å². The molecular formula is C23H21Cl2FN6O2. The molecule has 1 aromatic carbocycles. The maximum atomic E-state index is 14.7. The minimum absolute atomic E-state index is 0.115. The Balaban J connectivity index is 1.60. The second kappa shape index (κ2) is 9.92. The van der Waals surface area contributed by atoms with Gasteiger partial charge in [0.25, 0.3) is 0 Å². The fourth-order valence-electron chi connectivity index (χ4n) is 3.48. The summed E-state index contributed by atoms with van der Waals surface area (Å²) >= 11 is 12.5. The van der Waals surface area contributed by atoms with Crippen molar-refractivity contribution in [2.75, 3.05) is 26.0 Å². The first-order valence-electron chi connectivity index (χ1n) is 10.3. The summed E-state index contributed by atoms with van der Waals surface area (Å²) in [4.78, 5) is 21.6. The number of carbonyl (C=O) groups excluding carboxylic acids is 1. The van der Waals surface area contributed by atoms with Crippen LogP contribution in [-0.4, -0.2) is 51.6 Å². The molecule has 3 heterocycles. The van der Waals surface area contributed by atoms with Crippen molar-refractivity contribution in [3.05, 3.63) is 64.3 Å². The van der Waals surface area contributed by atoms with Crippen LogP contribution < -0.4 is 10.1 Å². The lowest BCUT2D eigenvalue weighted by molar-refractivity contribution is -0.116. The SMILES string of the molecule is C[C@@H](Oc1ccc2[nH]nc(-c3cnc(NC(=O)CN(C)C)c(F)c3)c2c1)c1c(Cl)cncc1Cl. The quantitative estimate of drug-likeness (QED) is 0.364. The summed E-state index contributed by atoms with van der Waals surface area (Å²) in [6.45, 7) is 1.94.